The van der Waals surface area contributed by atoms with Crippen molar-refractivity contribution in [3.63, 3.8) is 0 Å². The summed E-state index contributed by atoms with van der Waals surface area (Å²) in [5.74, 6) is -0.547. The largest absolute Gasteiger partial charge is 0.394 e. The number of aromatic nitrogens is 2. The van der Waals surface area contributed by atoms with E-state index in [4.69, 9.17) is 5.73 Å². The molecular weight excluding hydrogens is 328 g/mol. The average molecular weight is 352 g/mol. The molecule has 0 radical (unpaired) electrons. The fourth-order valence-corrected chi connectivity index (χ4v) is 3.06. The number of hydrogen-bond acceptors (Lipinski definition) is 4. The van der Waals surface area contributed by atoms with Gasteiger partial charge in [-0.15, -0.1) is 0 Å². The minimum absolute atomic E-state index is 0.0218. The number of aliphatic hydroxyl groups is 1. The van der Waals surface area contributed by atoms with Crippen molar-refractivity contribution in [2.45, 2.75) is 32.7 Å². The first kappa shape index (κ1) is 17.9. The summed E-state index contributed by atoms with van der Waals surface area (Å²) in [6.45, 7) is 4.08. The van der Waals surface area contributed by atoms with E-state index in [2.05, 4.69) is 34.7 Å². The van der Waals surface area contributed by atoms with Gasteiger partial charge in [-0.25, -0.2) is 4.52 Å². The van der Waals surface area contributed by atoms with Gasteiger partial charge < -0.3 is 16.2 Å². The van der Waals surface area contributed by atoms with Gasteiger partial charge in [0.2, 0.25) is 0 Å². The van der Waals surface area contributed by atoms with Crippen LogP contribution in [-0.2, 0) is 0 Å². The summed E-state index contributed by atoms with van der Waals surface area (Å²) >= 11 is 0. The minimum atomic E-state index is -0.547. The van der Waals surface area contributed by atoms with Crippen molar-refractivity contribution in [2.24, 2.45) is 5.73 Å². The van der Waals surface area contributed by atoms with E-state index < -0.39 is 5.91 Å². The monoisotopic (exact) mass is 352 g/mol. The molecule has 26 heavy (non-hydrogen) atoms. The molecule has 0 saturated carbocycles. The van der Waals surface area contributed by atoms with Crippen LogP contribution in [0, 0.1) is 6.92 Å². The van der Waals surface area contributed by atoms with E-state index in [-0.39, 0.29) is 12.6 Å². The first-order valence-corrected chi connectivity index (χ1v) is 8.79. The van der Waals surface area contributed by atoms with Crippen LogP contribution in [0.4, 0.5) is 5.69 Å². The van der Waals surface area contributed by atoms with Crippen LogP contribution in [-0.4, -0.2) is 33.3 Å². The number of nitrogens with one attached hydrogen (secondary N) is 1. The summed E-state index contributed by atoms with van der Waals surface area (Å²) in [4.78, 5) is 11.9. The van der Waals surface area contributed by atoms with Gasteiger partial charge in [-0.1, -0.05) is 43.2 Å². The van der Waals surface area contributed by atoms with Gasteiger partial charge in [0.05, 0.1) is 29.6 Å². The molecule has 0 spiro atoms. The Hall–Kier alpha value is -2.86. The second-order valence-corrected chi connectivity index (χ2v) is 6.53. The maximum atomic E-state index is 11.9. The molecule has 0 aliphatic carbocycles. The Kier molecular flexibility index (Phi) is 5.23. The number of benzene rings is 1. The second kappa shape index (κ2) is 7.58. The van der Waals surface area contributed by atoms with E-state index in [1.165, 1.54) is 11.8 Å². The van der Waals surface area contributed by atoms with E-state index in [0.717, 1.165) is 29.5 Å². The van der Waals surface area contributed by atoms with Gasteiger partial charge >= 0.3 is 0 Å². The third-order valence-corrected chi connectivity index (χ3v) is 4.49. The molecule has 1 unspecified atom stereocenters. The van der Waals surface area contributed by atoms with Crippen LogP contribution in [0.25, 0.3) is 16.6 Å². The van der Waals surface area contributed by atoms with Gasteiger partial charge in [-0.3, -0.25) is 4.79 Å². The fourth-order valence-electron chi connectivity index (χ4n) is 3.06. The van der Waals surface area contributed by atoms with Crippen LogP contribution in [0.1, 0.15) is 35.7 Å². The first-order chi connectivity index (χ1) is 12.5. The summed E-state index contributed by atoms with van der Waals surface area (Å²) in [6, 6.07) is 10.1. The number of nitrogens with zero attached hydrogens (tertiary/aromatic N) is 2. The van der Waals surface area contributed by atoms with Crippen molar-refractivity contribution in [3.05, 3.63) is 53.9 Å². The second-order valence-electron chi connectivity index (χ2n) is 6.53. The smallest absolute Gasteiger partial charge is 0.252 e. The van der Waals surface area contributed by atoms with Crippen LogP contribution in [0.3, 0.4) is 0 Å². The molecule has 6 nitrogen and oxygen atoms in total. The molecule has 2 heterocycles. The van der Waals surface area contributed by atoms with Gasteiger partial charge in [-0.2, -0.15) is 5.10 Å². The van der Waals surface area contributed by atoms with Crippen LogP contribution in [0.5, 0.6) is 0 Å². The Morgan fingerprint density at radius 1 is 1.31 bits per heavy atom. The third kappa shape index (κ3) is 3.55. The van der Waals surface area contributed by atoms with Crippen molar-refractivity contribution >= 4 is 17.1 Å². The van der Waals surface area contributed by atoms with Crippen molar-refractivity contribution in [2.75, 3.05) is 11.9 Å². The molecule has 2 aromatic heterocycles. The molecular formula is C20H24N4O2. The van der Waals surface area contributed by atoms with E-state index in [9.17, 15) is 9.90 Å². The molecule has 6 heteroatoms. The zero-order chi connectivity index (χ0) is 18.7. The summed E-state index contributed by atoms with van der Waals surface area (Å²) in [7, 11) is 0. The number of hydrogen-bond donors (Lipinski definition) is 3. The number of aliphatic hydroxyl groups excluding tert-OH is 1. The highest BCUT2D eigenvalue weighted by molar-refractivity contribution is 6.02. The van der Waals surface area contributed by atoms with Gasteiger partial charge in [0, 0.05) is 17.8 Å². The van der Waals surface area contributed by atoms with Gasteiger partial charge in [0.25, 0.3) is 5.91 Å². The molecule has 1 amide bonds. The van der Waals surface area contributed by atoms with Crippen LogP contribution < -0.4 is 11.1 Å². The Labute approximate surface area is 152 Å². The predicted molar refractivity (Wildman–Crippen MR) is 103 cm³/mol. The standard InChI is InChI=1S/C20H24N4O2/c1-3-4-16(12-25)23-19-17(20(21)26)10-22-24-11-15(9-18(19)24)14-7-5-13(2)6-8-14/h5-11,16,23,25H,3-4,12H2,1-2H3,(H2,21,26). The van der Waals surface area contributed by atoms with Crippen molar-refractivity contribution < 1.29 is 9.90 Å². The quantitative estimate of drug-likeness (QED) is 0.609. The number of primary amides is 1. The van der Waals surface area contributed by atoms with Gasteiger partial charge in [0.15, 0.2) is 0 Å². The maximum absolute atomic E-state index is 11.9. The summed E-state index contributed by atoms with van der Waals surface area (Å²) in [6.07, 6.45) is 5.09. The van der Waals surface area contributed by atoms with Crippen molar-refractivity contribution in [1.82, 2.24) is 9.61 Å². The zero-order valence-corrected chi connectivity index (χ0v) is 15.1. The molecule has 0 saturated heterocycles. The normalized spacial score (nSPS) is 12.3. The Balaban J connectivity index is 2.11. The van der Waals surface area contributed by atoms with E-state index in [0.29, 0.717) is 11.3 Å². The number of anilines is 1. The lowest BCUT2D eigenvalue weighted by Crippen LogP contribution is -2.26. The molecule has 1 aromatic carbocycles. The maximum Gasteiger partial charge on any atom is 0.252 e. The molecule has 0 aliphatic rings. The third-order valence-electron chi connectivity index (χ3n) is 4.49. The number of rotatable bonds is 7. The molecule has 0 bridgehead atoms. The number of nitrogens with two attached hydrogens (primary N) is 1. The molecule has 1 atom stereocenters. The lowest BCUT2D eigenvalue weighted by Gasteiger charge is -2.19. The number of carbonyl (C=O) groups is 1. The minimum Gasteiger partial charge on any atom is -0.394 e. The number of aryl methyl sites for hydroxylation is 1. The molecule has 136 valence electrons. The highest BCUT2D eigenvalue weighted by Gasteiger charge is 2.18. The Bertz CT molecular complexity index is 915. The van der Waals surface area contributed by atoms with Crippen molar-refractivity contribution in [1.29, 1.82) is 0 Å². The van der Waals surface area contributed by atoms with Crippen LogP contribution in [0.15, 0.2) is 42.7 Å². The molecule has 4 N–H and O–H groups in total. The summed E-state index contributed by atoms with van der Waals surface area (Å²) < 4.78 is 1.73. The molecule has 3 rings (SSSR count). The Morgan fingerprint density at radius 2 is 2.04 bits per heavy atom. The average Bonchev–Trinajstić information content (AvgIpc) is 3.06. The summed E-state index contributed by atoms with van der Waals surface area (Å²) in [5.41, 5.74) is 10.5. The van der Waals surface area contributed by atoms with Gasteiger partial charge in [0.1, 0.15) is 0 Å². The zero-order valence-electron chi connectivity index (χ0n) is 15.1. The van der Waals surface area contributed by atoms with E-state index >= 15 is 0 Å². The topological polar surface area (TPSA) is 92.6 Å². The van der Waals surface area contributed by atoms with Gasteiger partial charge in [-0.05, 0) is 25.0 Å². The molecule has 3 aromatic rings. The van der Waals surface area contributed by atoms with Crippen LogP contribution in [0.2, 0.25) is 0 Å². The first-order valence-electron chi connectivity index (χ1n) is 8.79. The lowest BCUT2D eigenvalue weighted by molar-refractivity contribution is 0.100. The number of carbonyl (C=O) groups excluding carboxylic acids is 1. The molecule has 0 aliphatic heterocycles. The number of amides is 1. The van der Waals surface area contributed by atoms with Crippen molar-refractivity contribution in [3.8, 4) is 11.1 Å². The number of fused-ring (bicyclic) bond motifs is 1. The lowest BCUT2D eigenvalue weighted by atomic mass is 10.1. The van der Waals surface area contributed by atoms with E-state index in [1.54, 1.807) is 4.52 Å². The predicted octanol–water partition coefficient (Wildman–Crippen LogP) is 2.98. The van der Waals surface area contributed by atoms with Crippen LogP contribution >= 0.6 is 0 Å². The highest BCUT2D eigenvalue weighted by Crippen LogP contribution is 2.29. The Morgan fingerprint density at radius 3 is 2.65 bits per heavy atom. The van der Waals surface area contributed by atoms with E-state index in [1.807, 2.05) is 26.1 Å². The molecule has 0 fully saturated rings. The summed E-state index contributed by atoms with van der Waals surface area (Å²) in [5, 5.41) is 17.2. The fraction of sp³-hybridized carbons (Fsp3) is 0.300. The SMILES string of the molecule is CCCC(CO)Nc1c(C(N)=O)cnn2cc(-c3ccc(C)cc3)cc12. The highest BCUT2D eigenvalue weighted by atomic mass is 16.3.